The first-order valence-electron chi connectivity index (χ1n) is 8.21. The molecule has 23 heavy (non-hydrogen) atoms. The van der Waals surface area contributed by atoms with Crippen LogP contribution in [0.25, 0.3) is 0 Å². The first-order chi connectivity index (χ1) is 11.0. The van der Waals surface area contributed by atoms with Crippen molar-refractivity contribution in [2.45, 2.75) is 52.5 Å². The van der Waals surface area contributed by atoms with Crippen molar-refractivity contribution >= 4 is 11.9 Å². The van der Waals surface area contributed by atoms with Gasteiger partial charge in [-0.05, 0) is 36.5 Å². The summed E-state index contributed by atoms with van der Waals surface area (Å²) in [6.07, 6.45) is 2.50. The number of hydrogen-bond donors (Lipinski definition) is 2. The van der Waals surface area contributed by atoms with Gasteiger partial charge in [-0.1, -0.05) is 39.3 Å². The molecular formula is C18H27NO4. The van der Waals surface area contributed by atoms with Gasteiger partial charge in [0.05, 0.1) is 6.61 Å². The molecule has 128 valence electrons. The molecule has 1 aromatic carbocycles. The van der Waals surface area contributed by atoms with E-state index in [1.165, 1.54) is 5.56 Å². The smallest absolute Gasteiger partial charge is 0.326 e. The molecule has 5 heteroatoms. The summed E-state index contributed by atoms with van der Waals surface area (Å²) in [5.74, 6) is -0.544. The average molecular weight is 321 g/mol. The van der Waals surface area contributed by atoms with Gasteiger partial charge in [0.1, 0.15) is 11.8 Å². The van der Waals surface area contributed by atoms with Crippen LogP contribution in [0.1, 0.15) is 45.6 Å². The number of rotatable bonds is 10. The minimum Gasteiger partial charge on any atom is -0.494 e. The fourth-order valence-corrected chi connectivity index (χ4v) is 2.17. The van der Waals surface area contributed by atoms with Crippen LogP contribution in [0, 0.1) is 5.92 Å². The van der Waals surface area contributed by atoms with Crippen LogP contribution >= 0.6 is 0 Å². The van der Waals surface area contributed by atoms with Gasteiger partial charge in [0.25, 0.3) is 0 Å². The standard InChI is InChI=1S/C18H27NO4/c1-4-13(3)17(18(21)22)19-16(20)7-6-12-23-15-10-8-14(5-2)9-11-15/h8-11,13,17H,4-7,12H2,1-3H3,(H,19,20)(H,21,22). The van der Waals surface area contributed by atoms with Crippen molar-refractivity contribution in [3.63, 3.8) is 0 Å². The first-order valence-corrected chi connectivity index (χ1v) is 8.21. The number of nitrogens with one attached hydrogen (secondary N) is 1. The predicted octanol–water partition coefficient (Wildman–Crippen LogP) is 3.02. The van der Waals surface area contributed by atoms with Crippen molar-refractivity contribution in [2.24, 2.45) is 5.92 Å². The molecule has 0 saturated heterocycles. The molecule has 2 unspecified atom stereocenters. The fourth-order valence-electron chi connectivity index (χ4n) is 2.17. The second kappa shape index (κ2) is 9.87. The van der Waals surface area contributed by atoms with Crippen molar-refractivity contribution in [1.29, 1.82) is 0 Å². The Morgan fingerprint density at radius 3 is 2.39 bits per heavy atom. The largest absolute Gasteiger partial charge is 0.494 e. The normalized spacial score (nSPS) is 13.2. The summed E-state index contributed by atoms with van der Waals surface area (Å²) in [4.78, 5) is 23.0. The summed E-state index contributed by atoms with van der Waals surface area (Å²) < 4.78 is 5.58. The molecular weight excluding hydrogens is 294 g/mol. The van der Waals surface area contributed by atoms with Gasteiger partial charge in [0.2, 0.25) is 5.91 Å². The second-order valence-corrected chi connectivity index (χ2v) is 5.72. The van der Waals surface area contributed by atoms with E-state index in [0.29, 0.717) is 19.4 Å². The zero-order valence-electron chi connectivity index (χ0n) is 14.2. The number of ether oxygens (including phenoxy) is 1. The molecule has 0 radical (unpaired) electrons. The maximum Gasteiger partial charge on any atom is 0.326 e. The number of carboxylic acid groups (broad SMARTS) is 1. The third-order valence-electron chi connectivity index (χ3n) is 3.94. The van der Waals surface area contributed by atoms with Gasteiger partial charge in [0, 0.05) is 6.42 Å². The predicted molar refractivity (Wildman–Crippen MR) is 89.6 cm³/mol. The Kier molecular flexibility index (Phi) is 8.16. The maximum atomic E-state index is 11.8. The Balaban J connectivity index is 2.31. The molecule has 0 heterocycles. The maximum absolute atomic E-state index is 11.8. The number of hydrogen-bond acceptors (Lipinski definition) is 3. The van der Waals surface area contributed by atoms with E-state index in [2.05, 4.69) is 12.2 Å². The third kappa shape index (κ3) is 6.72. The molecule has 0 aromatic heterocycles. The zero-order chi connectivity index (χ0) is 17.2. The first kappa shape index (κ1) is 19.0. The van der Waals surface area contributed by atoms with Crippen LogP contribution in [-0.4, -0.2) is 29.6 Å². The number of carbonyl (C=O) groups is 2. The second-order valence-electron chi connectivity index (χ2n) is 5.72. The molecule has 1 rings (SSSR count). The minimum absolute atomic E-state index is 0.0928. The highest BCUT2D eigenvalue weighted by molar-refractivity contribution is 5.83. The molecule has 5 nitrogen and oxygen atoms in total. The topological polar surface area (TPSA) is 75.6 Å². The Bertz CT molecular complexity index is 498. The summed E-state index contributed by atoms with van der Waals surface area (Å²) in [5, 5.41) is 11.7. The molecule has 0 aliphatic rings. The molecule has 2 N–H and O–H groups in total. The Morgan fingerprint density at radius 1 is 1.22 bits per heavy atom. The van der Waals surface area contributed by atoms with Gasteiger partial charge < -0.3 is 15.2 Å². The van der Waals surface area contributed by atoms with Crippen molar-refractivity contribution in [3.05, 3.63) is 29.8 Å². The van der Waals surface area contributed by atoms with Crippen molar-refractivity contribution < 1.29 is 19.4 Å². The lowest BCUT2D eigenvalue weighted by Crippen LogP contribution is -2.45. The molecule has 0 fully saturated rings. The van der Waals surface area contributed by atoms with Gasteiger partial charge >= 0.3 is 5.97 Å². The van der Waals surface area contributed by atoms with Crippen LogP contribution in [0.5, 0.6) is 5.75 Å². The highest BCUT2D eigenvalue weighted by Crippen LogP contribution is 2.13. The summed E-state index contributed by atoms with van der Waals surface area (Å²) in [6, 6.07) is 7.05. The summed E-state index contributed by atoms with van der Waals surface area (Å²) >= 11 is 0. The Morgan fingerprint density at radius 2 is 1.87 bits per heavy atom. The van der Waals surface area contributed by atoms with Crippen LogP contribution in [0.2, 0.25) is 0 Å². The molecule has 0 bridgehead atoms. The molecule has 0 saturated carbocycles. The van der Waals surface area contributed by atoms with E-state index in [4.69, 9.17) is 9.84 Å². The van der Waals surface area contributed by atoms with E-state index in [9.17, 15) is 9.59 Å². The van der Waals surface area contributed by atoms with Gasteiger partial charge in [-0.2, -0.15) is 0 Å². The number of aliphatic carboxylic acids is 1. The quantitative estimate of drug-likeness (QED) is 0.650. The lowest BCUT2D eigenvalue weighted by Gasteiger charge is -2.20. The van der Waals surface area contributed by atoms with Crippen LogP contribution in [-0.2, 0) is 16.0 Å². The lowest BCUT2D eigenvalue weighted by molar-refractivity contribution is -0.143. The average Bonchev–Trinajstić information content (AvgIpc) is 2.56. The Labute approximate surface area is 138 Å². The van der Waals surface area contributed by atoms with E-state index in [1.807, 2.05) is 38.1 Å². The third-order valence-corrected chi connectivity index (χ3v) is 3.94. The van der Waals surface area contributed by atoms with Crippen LogP contribution in [0.3, 0.4) is 0 Å². The van der Waals surface area contributed by atoms with Gasteiger partial charge in [-0.25, -0.2) is 4.79 Å². The summed E-state index contributed by atoms with van der Waals surface area (Å²) in [5.41, 5.74) is 1.25. The van der Waals surface area contributed by atoms with Gasteiger partial charge in [-0.3, -0.25) is 4.79 Å². The van der Waals surface area contributed by atoms with E-state index in [0.717, 1.165) is 12.2 Å². The number of carbonyl (C=O) groups excluding carboxylic acids is 1. The molecule has 1 aromatic rings. The van der Waals surface area contributed by atoms with Crippen LogP contribution < -0.4 is 10.1 Å². The molecule has 0 spiro atoms. The fraction of sp³-hybridized carbons (Fsp3) is 0.556. The highest BCUT2D eigenvalue weighted by Gasteiger charge is 2.24. The molecule has 0 aliphatic carbocycles. The summed E-state index contributed by atoms with van der Waals surface area (Å²) in [7, 11) is 0. The van der Waals surface area contributed by atoms with Crippen molar-refractivity contribution in [3.8, 4) is 5.75 Å². The van der Waals surface area contributed by atoms with Gasteiger partial charge in [0.15, 0.2) is 0 Å². The minimum atomic E-state index is -0.986. The monoisotopic (exact) mass is 321 g/mol. The molecule has 2 atom stereocenters. The number of benzene rings is 1. The SMILES string of the molecule is CCc1ccc(OCCCC(=O)NC(C(=O)O)C(C)CC)cc1. The van der Waals surface area contributed by atoms with E-state index in [1.54, 1.807) is 0 Å². The van der Waals surface area contributed by atoms with Crippen LogP contribution in [0.4, 0.5) is 0 Å². The highest BCUT2D eigenvalue weighted by atomic mass is 16.5. The van der Waals surface area contributed by atoms with Crippen LogP contribution in [0.15, 0.2) is 24.3 Å². The summed E-state index contributed by atoms with van der Waals surface area (Å²) in [6.45, 7) is 6.25. The van der Waals surface area contributed by atoms with E-state index >= 15 is 0 Å². The Hall–Kier alpha value is -2.04. The van der Waals surface area contributed by atoms with Crippen molar-refractivity contribution in [1.82, 2.24) is 5.32 Å². The van der Waals surface area contributed by atoms with Crippen molar-refractivity contribution in [2.75, 3.05) is 6.61 Å². The van der Waals surface area contributed by atoms with E-state index < -0.39 is 12.0 Å². The number of amides is 1. The lowest BCUT2D eigenvalue weighted by atomic mass is 9.99. The molecule has 0 aliphatic heterocycles. The van der Waals surface area contributed by atoms with E-state index in [-0.39, 0.29) is 18.2 Å². The number of aryl methyl sites for hydroxylation is 1. The number of carboxylic acids is 1. The molecule has 1 amide bonds. The zero-order valence-corrected chi connectivity index (χ0v) is 14.2. The van der Waals surface area contributed by atoms with Gasteiger partial charge in [-0.15, -0.1) is 0 Å².